The molecule has 1 N–H and O–H groups in total. The summed E-state index contributed by atoms with van der Waals surface area (Å²) in [6, 6.07) is 4.45. The first-order valence-electron chi connectivity index (χ1n) is 6.53. The van der Waals surface area contributed by atoms with Crippen molar-refractivity contribution in [1.82, 2.24) is 4.90 Å². The lowest BCUT2D eigenvalue weighted by atomic mass is 10.0. The Hall–Kier alpha value is -2.11. The van der Waals surface area contributed by atoms with Gasteiger partial charge in [-0.25, -0.2) is 14.0 Å². The Morgan fingerprint density at radius 3 is 2.80 bits per heavy atom. The maximum absolute atomic E-state index is 13.2. The van der Waals surface area contributed by atoms with Crippen LogP contribution in [0, 0.1) is 5.82 Å². The minimum atomic E-state index is -0.995. The molecular weight excluding hydrogens is 263 g/mol. The minimum Gasteiger partial charge on any atom is -0.480 e. The Labute approximate surface area is 116 Å². The largest absolute Gasteiger partial charge is 0.480 e. The number of benzene rings is 1. The van der Waals surface area contributed by atoms with Crippen LogP contribution in [0.25, 0.3) is 0 Å². The van der Waals surface area contributed by atoms with Gasteiger partial charge in [0.25, 0.3) is 0 Å². The number of piperidine rings is 1. The van der Waals surface area contributed by atoms with Crippen LogP contribution in [0.1, 0.15) is 19.3 Å². The highest BCUT2D eigenvalue weighted by atomic mass is 19.1. The number of anilines is 1. The zero-order valence-electron chi connectivity index (χ0n) is 11.3. The van der Waals surface area contributed by atoms with Gasteiger partial charge in [0.05, 0.1) is 0 Å². The molecule has 0 bridgehead atoms. The molecule has 6 heteroatoms. The van der Waals surface area contributed by atoms with E-state index in [2.05, 4.69) is 0 Å². The fraction of sp³-hybridized carbons (Fsp3) is 0.429. The van der Waals surface area contributed by atoms with Crippen molar-refractivity contribution in [2.45, 2.75) is 25.3 Å². The summed E-state index contributed by atoms with van der Waals surface area (Å²) in [5.41, 5.74) is 0.407. The van der Waals surface area contributed by atoms with Crippen LogP contribution in [0.2, 0.25) is 0 Å². The second kappa shape index (κ2) is 5.90. The number of hydrogen-bond donors (Lipinski definition) is 1. The van der Waals surface area contributed by atoms with E-state index in [1.807, 2.05) is 0 Å². The summed E-state index contributed by atoms with van der Waals surface area (Å²) in [7, 11) is 1.52. The summed E-state index contributed by atoms with van der Waals surface area (Å²) in [5.74, 6) is -1.43. The van der Waals surface area contributed by atoms with E-state index in [0.29, 0.717) is 18.7 Å². The highest BCUT2D eigenvalue weighted by Crippen LogP contribution is 2.22. The molecular formula is C14H17FN2O3. The Kier molecular flexibility index (Phi) is 4.22. The van der Waals surface area contributed by atoms with Crippen LogP contribution in [-0.2, 0) is 4.79 Å². The Morgan fingerprint density at radius 2 is 2.15 bits per heavy atom. The lowest BCUT2D eigenvalue weighted by Crippen LogP contribution is -2.52. The van der Waals surface area contributed by atoms with Gasteiger partial charge < -0.3 is 10.0 Å². The first kappa shape index (κ1) is 14.3. The average Bonchev–Trinajstić information content (AvgIpc) is 2.45. The number of carboxylic acids is 1. The molecule has 1 atom stereocenters. The molecule has 1 fully saturated rings. The van der Waals surface area contributed by atoms with Crippen LogP contribution in [0.5, 0.6) is 0 Å². The van der Waals surface area contributed by atoms with Crippen molar-refractivity contribution in [2.24, 2.45) is 0 Å². The van der Waals surface area contributed by atoms with Gasteiger partial charge in [0.15, 0.2) is 0 Å². The van der Waals surface area contributed by atoms with Gasteiger partial charge in [0.1, 0.15) is 11.9 Å². The number of carbonyl (C=O) groups is 2. The van der Waals surface area contributed by atoms with Crippen LogP contribution in [0.4, 0.5) is 14.9 Å². The first-order chi connectivity index (χ1) is 9.50. The van der Waals surface area contributed by atoms with E-state index < -0.39 is 23.9 Å². The summed E-state index contributed by atoms with van der Waals surface area (Å²) in [6.45, 7) is 0.412. The predicted octanol–water partition coefficient (Wildman–Crippen LogP) is 2.32. The topological polar surface area (TPSA) is 60.9 Å². The third kappa shape index (κ3) is 2.89. The van der Waals surface area contributed by atoms with Crippen LogP contribution in [0.15, 0.2) is 24.3 Å². The smallest absolute Gasteiger partial charge is 0.326 e. The molecule has 0 aliphatic carbocycles. The Morgan fingerprint density at radius 1 is 1.40 bits per heavy atom. The minimum absolute atomic E-state index is 0.407. The molecule has 2 rings (SSSR count). The van der Waals surface area contributed by atoms with E-state index in [9.17, 15) is 19.1 Å². The number of urea groups is 1. The van der Waals surface area contributed by atoms with Crippen LogP contribution < -0.4 is 4.90 Å². The van der Waals surface area contributed by atoms with Crippen LogP contribution >= 0.6 is 0 Å². The number of amides is 2. The molecule has 1 saturated heterocycles. The molecule has 0 radical (unpaired) electrons. The summed E-state index contributed by atoms with van der Waals surface area (Å²) >= 11 is 0. The van der Waals surface area contributed by atoms with Crippen molar-refractivity contribution < 1.29 is 19.1 Å². The molecule has 2 amide bonds. The molecule has 108 valence electrons. The fourth-order valence-corrected chi connectivity index (χ4v) is 2.41. The maximum Gasteiger partial charge on any atom is 0.326 e. The first-order valence-corrected chi connectivity index (χ1v) is 6.53. The van der Waals surface area contributed by atoms with Crippen molar-refractivity contribution in [2.75, 3.05) is 18.5 Å². The van der Waals surface area contributed by atoms with E-state index in [1.54, 1.807) is 6.07 Å². The number of carboxylic acid groups (broad SMARTS) is 1. The molecule has 20 heavy (non-hydrogen) atoms. The van der Waals surface area contributed by atoms with E-state index in [4.69, 9.17) is 0 Å². The molecule has 0 aromatic heterocycles. The summed E-state index contributed by atoms with van der Waals surface area (Å²) in [5, 5.41) is 9.18. The van der Waals surface area contributed by atoms with E-state index in [0.717, 1.165) is 12.8 Å². The molecule has 1 aromatic carbocycles. The molecule has 0 spiro atoms. The molecule has 1 unspecified atom stereocenters. The highest BCUT2D eigenvalue weighted by Gasteiger charge is 2.33. The molecule has 1 heterocycles. The number of halogens is 1. The van der Waals surface area contributed by atoms with Gasteiger partial charge in [0, 0.05) is 19.3 Å². The van der Waals surface area contributed by atoms with E-state index in [1.165, 1.54) is 35.0 Å². The molecule has 1 aromatic rings. The van der Waals surface area contributed by atoms with E-state index >= 15 is 0 Å². The second-order valence-corrected chi connectivity index (χ2v) is 4.86. The lowest BCUT2D eigenvalue weighted by molar-refractivity contribution is -0.143. The Bertz CT molecular complexity index is 521. The third-order valence-corrected chi connectivity index (χ3v) is 3.52. The normalized spacial score (nSPS) is 18.7. The number of rotatable bonds is 2. The monoisotopic (exact) mass is 280 g/mol. The van der Waals surface area contributed by atoms with Crippen molar-refractivity contribution in [3.8, 4) is 0 Å². The van der Waals surface area contributed by atoms with Gasteiger partial charge in [-0.1, -0.05) is 6.07 Å². The summed E-state index contributed by atoms with van der Waals surface area (Å²) in [4.78, 5) is 26.2. The number of hydrogen-bond acceptors (Lipinski definition) is 2. The zero-order valence-corrected chi connectivity index (χ0v) is 11.3. The van der Waals surface area contributed by atoms with Crippen molar-refractivity contribution in [3.05, 3.63) is 30.1 Å². The zero-order chi connectivity index (χ0) is 14.7. The lowest BCUT2D eigenvalue weighted by Gasteiger charge is -2.35. The van der Waals surface area contributed by atoms with Gasteiger partial charge >= 0.3 is 12.0 Å². The van der Waals surface area contributed by atoms with Crippen LogP contribution in [-0.4, -0.2) is 41.6 Å². The maximum atomic E-state index is 13.2. The number of aliphatic carboxylic acids is 1. The standard InChI is InChI=1S/C14H17FN2O3/c1-16(11-6-4-5-10(15)9-11)14(20)17-8-3-2-7-12(17)13(18)19/h4-6,9,12H,2-3,7-8H2,1H3,(H,18,19). The molecule has 0 saturated carbocycles. The van der Waals surface area contributed by atoms with Crippen molar-refractivity contribution >= 4 is 17.7 Å². The third-order valence-electron chi connectivity index (χ3n) is 3.52. The van der Waals surface area contributed by atoms with Gasteiger partial charge in [-0.05, 0) is 37.5 Å². The van der Waals surface area contributed by atoms with Gasteiger partial charge in [-0.2, -0.15) is 0 Å². The van der Waals surface area contributed by atoms with Gasteiger partial charge in [-0.3, -0.25) is 4.90 Å². The second-order valence-electron chi connectivity index (χ2n) is 4.86. The van der Waals surface area contributed by atoms with Crippen molar-refractivity contribution in [3.63, 3.8) is 0 Å². The van der Waals surface area contributed by atoms with Gasteiger partial charge in [0.2, 0.25) is 0 Å². The van der Waals surface area contributed by atoms with Crippen LogP contribution in [0.3, 0.4) is 0 Å². The SMILES string of the molecule is CN(C(=O)N1CCCCC1C(=O)O)c1cccc(F)c1. The molecule has 5 nitrogen and oxygen atoms in total. The molecule has 1 aliphatic rings. The number of likely N-dealkylation sites (tertiary alicyclic amines) is 1. The van der Waals surface area contributed by atoms with Crippen molar-refractivity contribution in [1.29, 1.82) is 0 Å². The predicted molar refractivity (Wildman–Crippen MR) is 72.2 cm³/mol. The van der Waals surface area contributed by atoms with E-state index in [-0.39, 0.29) is 0 Å². The number of carbonyl (C=O) groups excluding carboxylic acids is 1. The highest BCUT2D eigenvalue weighted by molar-refractivity contribution is 5.94. The summed E-state index contributed by atoms with van der Waals surface area (Å²) in [6.07, 6.45) is 2.04. The average molecular weight is 280 g/mol. The van der Waals surface area contributed by atoms with Gasteiger partial charge in [-0.15, -0.1) is 0 Å². The Balaban J connectivity index is 2.18. The quantitative estimate of drug-likeness (QED) is 0.904. The molecule has 1 aliphatic heterocycles. The fourth-order valence-electron chi connectivity index (χ4n) is 2.41. The summed E-state index contributed by atoms with van der Waals surface area (Å²) < 4.78 is 13.2. The number of nitrogens with zero attached hydrogens (tertiary/aromatic N) is 2.